The first kappa shape index (κ1) is 12.7. The minimum Gasteiger partial charge on any atom is -0.398 e. The van der Waals surface area contributed by atoms with Crippen LogP contribution < -0.4 is 11.1 Å². The second-order valence-corrected chi connectivity index (χ2v) is 4.18. The van der Waals surface area contributed by atoms with Crippen LogP contribution in [0.1, 0.15) is 21.5 Å². The quantitative estimate of drug-likeness (QED) is 0.805. The third-order valence-electron chi connectivity index (χ3n) is 2.82. The van der Waals surface area contributed by atoms with Gasteiger partial charge in [-0.3, -0.25) is 4.79 Å². The second kappa shape index (κ2) is 5.23. The zero-order valence-corrected chi connectivity index (χ0v) is 10.5. The monoisotopic (exact) mass is 251 g/mol. The van der Waals surface area contributed by atoms with E-state index in [1.807, 2.05) is 13.0 Å². The van der Waals surface area contributed by atoms with Crippen molar-refractivity contribution < 1.29 is 4.79 Å². The molecule has 0 aliphatic carbocycles. The number of carbonyl (C=O) groups is 1. The van der Waals surface area contributed by atoms with Crippen LogP contribution in [0.15, 0.2) is 42.5 Å². The number of amides is 1. The van der Waals surface area contributed by atoms with Crippen molar-refractivity contribution in [2.75, 3.05) is 11.1 Å². The number of rotatable bonds is 2. The average molecular weight is 251 g/mol. The van der Waals surface area contributed by atoms with Crippen LogP contribution in [-0.4, -0.2) is 5.91 Å². The summed E-state index contributed by atoms with van der Waals surface area (Å²) in [7, 11) is 0. The fraction of sp³-hybridized carbons (Fsp3) is 0.0667. The normalized spacial score (nSPS) is 9.68. The predicted octanol–water partition coefficient (Wildman–Crippen LogP) is 2.70. The highest BCUT2D eigenvalue weighted by Crippen LogP contribution is 2.19. The molecule has 94 valence electrons. The number of nitriles is 1. The van der Waals surface area contributed by atoms with Crippen LogP contribution in [-0.2, 0) is 0 Å². The lowest BCUT2D eigenvalue weighted by atomic mass is 10.1. The Morgan fingerprint density at radius 3 is 2.68 bits per heavy atom. The molecule has 0 atom stereocenters. The molecule has 0 saturated heterocycles. The number of nitrogens with one attached hydrogen (secondary N) is 1. The van der Waals surface area contributed by atoms with E-state index < -0.39 is 0 Å². The topological polar surface area (TPSA) is 78.9 Å². The second-order valence-electron chi connectivity index (χ2n) is 4.18. The van der Waals surface area contributed by atoms with Crippen LogP contribution >= 0.6 is 0 Å². The summed E-state index contributed by atoms with van der Waals surface area (Å²) in [4.78, 5) is 12.1. The predicted molar refractivity (Wildman–Crippen MR) is 74.7 cm³/mol. The first-order chi connectivity index (χ1) is 9.11. The van der Waals surface area contributed by atoms with E-state index in [2.05, 4.69) is 5.32 Å². The number of hydrogen-bond acceptors (Lipinski definition) is 3. The van der Waals surface area contributed by atoms with Crippen LogP contribution in [0.25, 0.3) is 0 Å². The lowest BCUT2D eigenvalue weighted by Gasteiger charge is -2.10. The van der Waals surface area contributed by atoms with Gasteiger partial charge in [0.1, 0.15) is 0 Å². The van der Waals surface area contributed by atoms with Crippen molar-refractivity contribution in [2.24, 2.45) is 0 Å². The van der Waals surface area contributed by atoms with Gasteiger partial charge in [0.25, 0.3) is 5.91 Å². The van der Waals surface area contributed by atoms with Crippen molar-refractivity contribution in [3.63, 3.8) is 0 Å². The third kappa shape index (κ3) is 2.72. The molecule has 2 aromatic carbocycles. The molecular weight excluding hydrogens is 238 g/mol. The molecule has 2 rings (SSSR count). The number of hydrogen-bond donors (Lipinski definition) is 2. The van der Waals surface area contributed by atoms with Crippen LogP contribution in [0.3, 0.4) is 0 Å². The van der Waals surface area contributed by atoms with E-state index in [9.17, 15) is 4.79 Å². The average Bonchev–Trinajstić information content (AvgIpc) is 2.41. The first-order valence-electron chi connectivity index (χ1n) is 5.78. The molecule has 0 saturated carbocycles. The van der Waals surface area contributed by atoms with E-state index in [-0.39, 0.29) is 5.91 Å². The Morgan fingerprint density at radius 2 is 2.00 bits per heavy atom. The standard InChI is InChI=1S/C15H13N3O/c1-10-6-7-11(9-16)8-14(10)18-15(19)12-4-2-3-5-13(12)17/h2-8H,17H2,1H3,(H,18,19). The molecule has 1 amide bonds. The molecule has 19 heavy (non-hydrogen) atoms. The highest BCUT2D eigenvalue weighted by molar-refractivity contribution is 6.08. The summed E-state index contributed by atoms with van der Waals surface area (Å²) in [5.74, 6) is -0.281. The molecule has 0 spiro atoms. The minimum atomic E-state index is -0.281. The smallest absolute Gasteiger partial charge is 0.257 e. The molecule has 4 heteroatoms. The number of aryl methyl sites for hydroxylation is 1. The molecule has 0 bridgehead atoms. The zero-order chi connectivity index (χ0) is 13.8. The van der Waals surface area contributed by atoms with Gasteiger partial charge in [-0.2, -0.15) is 5.26 Å². The summed E-state index contributed by atoms with van der Waals surface area (Å²) in [5.41, 5.74) is 8.61. The van der Waals surface area contributed by atoms with Crippen LogP contribution in [0.5, 0.6) is 0 Å². The van der Waals surface area contributed by atoms with Crippen molar-refractivity contribution in [1.82, 2.24) is 0 Å². The molecule has 0 unspecified atom stereocenters. The van der Waals surface area contributed by atoms with Gasteiger partial charge in [0.15, 0.2) is 0 Å². The van der Waals surface area contributed by atoms with Crippen LogP contribution in [0.2, 0.25) is 0 Å². The number of para-hydroxylation sites is 1. The van der Waals surface area contributed by atoms with Gasteiger partial charge in [-0.05, 0) is 36.8 Å². The van der Waals surface area contributed by atoms with Gasteiger partial charge in [0.05, 0.1) is 17.2 Å². The fourth-order valence-electron chi connectivity index (χ4n) is 1.72. The molecule has 2 aromatic rings. The van der Waals surface area contributed by atoms with Gasteiger partial charge in [-0.25, -0.2) is 0 Å². The summed E-state index contributed by atoms with van der Waals surface area (Å²) < 4.78 is 0. The zero-order valence-electron chi connectivity index (χ0n) is 10.5. The van der Waals surface area contributed by atoms with E-state index >= 15 is 0 Å². The number of nitrogens with zero attached hydrogens (tertiary/aromatic N) is 1. The molecule has 0 aliphatic rings. The van der Waals surface area contributed by atoms with Gasteiger partial charge >= 0.3 is 0 Å². The van der Waals surface area contributed by atoms with E-state index in [1.165, 1.54) is 0 Å². The van der Waals surface area contributed by atoms with E-state index in [0.29, 0.717) is 22.5 Å². The fourth-order valence-corrected chi connectivity index (χ4v) is 1.72. The van der Waals surface area contributed by atoms with Gasteiger partial charge in [-0.15, -0.1) is 0 Å². The lowest BCUT2D eigenvalue weighted by Crippen LogP contribution is -2.14. The minimum absolute atomic E-state index is 0.281. The summed E-state index contributed by atoms with van der Waals surface area (Å²) >= 11 is 0. The molecule has 3 N–H and O–H groups in total. The number of anilines is 2. The molecule has 0 aliphatic heterocycles. The maximum Gasteiger partial charge on any atom is 0.257 e. The van der Waals surface area contributed by atoms with Crippen molar-refractivity contribution >= 4 is 17.3 Å². The van der Waals surface area contributed by atoms with Crippen molar-refractivity contribution in [1.29, 1.82) is 5.26 Å². The molecule has 4 nitrogen and oxygen atoms in total. The maximum absolute atomic E-state index is 12.1. The Hall–Kier alpha value is -2.80. The highest BCUT2D eigenvalue weighted by atomic mass is 16.1. The summed E-state index contributed by atoms with van der Waals surface area (Å²) in [6.07, 6.45) is 0. The summed E-state index contributed by atoms with van der Waals surface area (Å²) in [5, 5.41) is 11.6. The van der Waals surface area contributed by atoms with Crippen LogP contribution in [0, 0.1) is 18.3 Å². The van der Waals surface area contributed by atoms with Gasteiger partial charge in [0.2, 0.25) is 0 Å². The van der Waals surface area contributed by atoms with E-state index in [0.717, 1.165) is 5.56 Å². The lowest BCUT2D eigenvalue weighted by molar-refractivity contribution is 0.102. The van der Waals surface area contributed by atoms with Crippen molar-refractivity contribution in [3.05, 3.63) is 59.2 Å². The molecule has 0 radical (unpaired) electrons. The van der Waals surface area contributed by atoms with Crippen LogP contribution in [0.4, 0.5) is 11.4 Å². The van der Waals surface area contributed by atoms with E-state index in [1.54, 1.807) is 42.5 Å². The first-order valence-corrected chi connectivity index (χ1v) is 5.78. The molecular formula is C15H13N3O. The molecule has 0 heterocycles. The molecule has 0 fully saturated rings. The van der Waals surface area contributed by atoms with Crippen molar-refractivity contribution in [3.8, 4) is 6.07 Å². The summed E-state index contributed by atoms with van der Waals surface area (Å²) in [6, 6.07) is 14.1. The Labute approximate surface area is 111 Å². The van der Waals surface area contributed by atoms with Gasteiger partial charge in [-0.1, -0.05) is 18.2 Å². The summed E-state index contributed by atoms with van der Waals surface area (Å²) in [6.45, 7) is 1.87. The van der Waals surface area contributed by atoms with Gasteiger partial charge < -0.3 is 11.1 Å². The van der Waals surface area contributed by atoms with E-state index in [4.69, 9.17) is 11.0 Å². The van der Waals surface area contributed by atoms with Gasteiger partial charge in [0, 0.05) is 11.4 Å². The van der Waals surface area contributed by atoms with Crippen molar-refractivity contribution in [2.45, 2.75) is 6.92 Å². The Bertz CT molecular complexity index is 671. The number of nitrogens with two attached hydrogens (primary N) is 1. The maximum atomic E-state index is 12.1. The number of nitrogen functional groups attached to an aromatic ring is 1. The number of benzene rings is 2. The Morgan fingerprint density at radius 1 is 1.26 bits per heavy atom. The Kier molecular flexibility index (Phi) is 3.48. The number of carbonyl (C=O) groups excluding carboxylic acids is 1. The molecule has 0 aromatic heterocycles. The Balaban J connectivity index is 2.30. The third-order valence-corrected chi connectivity index (χ3v) is 2.82. The SMILES string of the molecule is Cc1ccc(C#N)cc1NC(=O)c1ccccc1N. The highest BCUT2D eigenvalue weighted by Gasteiger charge is 2.10. The largest absolute Gasteiger partial charge is 0.398 e.